The molecule has 176 valence electrons. The number of nitrogens with zero attached hydrogens (tertiary/aromatic N) is 8. The van der Waals surface area contributed by atoms with Gasteiger partial charge in [0.2, 0.25) is 17.8 Å². The maximum absolute atomic E-state index is 10.0. The van der Waals surface area contributed by atoms with Crippen LogP contribution in [0.2, 0.25) is 0 Å². The molecule has 3 aromatic rings. The number of aliphatic hydroxyl groups is 2. The average molecular weight is 455 g/mol. The predicted molar refractivity (Wildman–Crippen MR) is 124 cm³/mol. The third-order valence-corrected chi connectivity index (χ3v) is 6.15. The number of morpholine rings is 1. The SMILES string of the molecule is OCCCN1CCN(c2nc(N3CCOCC3)nc(-n3c(CO)nc4ccccc43)n2)CC1. The second-order valence-electron chi connectivity index (χ2n) is 8.25. The number of ether oxygens (including phenoxy) is 1. The highest BCUT2D eigenvalue weighted by Crippen LogP contribution is 2.24. The number of hydrogen-bond acceptors (Lipinski definition) is 10. The van der Waals surface area contributed by atoms with Gasteiger partial charge in [0.25, 0.3) is 0 Å². The predicted octanol–water partition coefficient (Wildman–Crippen LogP) is 0.0438. The van der Waals surface area contributed by atoms with Crippen LogP contribution in [0.3, 0.4) is 0 Å². The summed E-state index contributed by atoms with van der Waals surface area (Å²) >= 11 is 0. The fourth-order valence-electron chi connectivity index (χ4n) is 4.36. The highest BCUT2D eigenvalue weighted by atomic mass is 16.5. The number of rotatable bonds is 7. The summed E-state index contributed by atoms with van der Waals surface area (Å²) in [6.07, 6.45) is 0.786. The van der Waals surface area contributed by atoms with Gasteiger partial charge in [-0.05, 0) is 18.6 Å². The van der Waals surface area contributed by atoms with Crippen molar-refractivity contribution in [3.63, 3.8) is 0 Å². The van der Waals surface area contributed by atoms with Crippen LogP contribution >= 0.6 is 0 Å². The summed E-state index contributed by atoms with van der Waals surface area (Å²) in [5, 5.41) is 19.1. The number of aliphatic hydroxyl groups excluding tert-OH is 2. The molecule has 0 aliphatic carbocycles. The van der Waals surface area contributed by atoms with Crippen LogP contribution in [0.15, 0.2) is 24.3 Å². The third kappa shape index (κ3) is 4.62. The van der Waals surface area contributed by atoms with E-state index in [0.29, 0.717) is 36.9 Å². The van der Waals surface area contributed by atoms with Crippen LogP contribution < -0.4 is 9.80 Å². The summed E-state index contributed by atoms with van der Waals surface area (Å²) in [5.74, 6) is 2.20. The molecule has 33 heavy (non-hydrogen) atoms. The van der Waals surface area contributed by atoms with Crippen LogP contribution in [0, 0.1) is 0 Å². The first-order chi connectivity index (χ1) is 16.3. The smallest absolute Gasteiger partial charge is 0.242 e. The zero-order chi connectivity index (χ0) is 22.6. The summed E-state index contributed by atoms with van der Waals surface area (Å²) in [6, 6.07) is 7.74. The van der Waals surface area contributed by atoms with E-state index in [1.807, 2.05) is 28.8 Å². The Morgan fingerprint density at radius 3 is 2.15 bits per heavy atom. The number of imidazole rings is 1. The van der Waals surface area contributed by atoms with Gasteiger partial charge in [-0.25, -0.2) is 4.98 Å². The van der Waals surface area contributed by atoms with Gasteiger partial charge in [-0.3, -0.25) is 9.47 Å². The lowest BCUT2D eigenvalue weighted by atomic mass is 10.3. The molecule has 0 saturated carbocycles. The van der Waals surface area contributed by atoms with Gasteiger partial charge >= 0.3 is 0 Å². The van der Waals surface area contributed by atoms with E-state index in [1.165, 1.54) is 0 Å². The minimum atomic E-state index is -0.216. The Kier molecular flexibility index (Phi) is 6.63. The Labute approximate surface area is 192 Å². The van der Waals surface area contributed by atoms with Crippen LogP contribution in [0.1, 0.15) is 12.2 Å². The molecule has 11 nitrogen and oxygen atoms in total. The highest BCUT2D eigenvalue weighted by molar-refractivity contribution is 5.77. The maximum atomic E-state index is 10.0. The molecule has 0 spiro atoms. The fraction of sp³-hybridized carbons (Fsp3) is 0.545. The van der Waals surface area contributed by atoms with Gasteiger partial charge in [-0.1, -0.05) is 12.1 Å². The number of hydrogen-bond donors (Lipinski definition) is 2. The van der Waals surface area contributed by atoms with Crippen molar-refractivity contribution in [2.45, 2.75) is 13.0 Å². The summed E-state index contributed by atoms with van der Waals surface area (Å²) in [7, 11) is 0. The maximum Gasteiger partial charge on any atom is 0.242 e. The monoisotopic (exact) mass is 454 g/mol. The van der Waals surface area contributed by atoms with E-state index in [9.17, 15) is 5.11 Å². The van der Waals surface area contributed by atoms with Gasteiger partial charge in [-0.15, -0.1) is 0 Å². The first kappa shape index (κ1) is 22.0. The Bertz CT molecular complexity index is 1080. The van der Waals surface area contributed by atoms with Gasteiger partial charge in [-0.2, -0.15) is 15.0 Å². The van der Waals surface area contributed by atoms with Gasteiger partial charge in [0.15, 0.2) is 0 Å². The average Bonchev–Trinajstić information content (AvgIpc) is 3.27. The molecule has 1 aromatic carbocycles. The number of benzene rings is 1. The first-order valence-corrected chi connectivity index (χ1v) is 11.5. The van der Waals surface area contributed by atoms with Crippen molar-refractivity contribution in [3.8, 4) is 5.95 Å². The quantitative estimate of drug-likeness (QED) is 0.507. The highest BCUT2D eigenvalue weighted by Gasteiger charge is 2.24. The summed E-state index contributed by atoms with van der Waals surface area (Å²) in [5.41, 5.74) is 1.63. The first-order valence-electron chi connectivity index (χ1n) is 11.5. The lowest BCUT2D eigenvalue weighted by molar-refractivity contribution is 0.122. The summed E-state index contributed by atoms with van der Waals surface area (Å²) < 4.78 is 7.33. The van der Waals surface area contributed by atoms with Crippen molar-refractivity contribution in [1.82, 2.24) is 29.4 Å². The molecular formula is C22H30N8O3. The van der Waals surface area contributed by atoms with E-state index in [-0.39, 0.29) is 13.2 Å². The molecule has 0 radical (unpaired) electrons. The molecule has 0 amide bonds. The fourth-order valence-corrected chi connectivity index (χ4v) is 4.36. The van der Waals surface area contributed by atoms with Crippen LogP contribution in [0.5, 0.6) is 0 Å². The Hall–Kier alpha value is -2.86. The van der Waals surface area contributed by atoms with Crippen molar-refractivity contribution in [2.24, 2.45) is 0 Å². The molecule has 2 aromatic heterocycles. The molecule has 11 heteroatoms. The van der Waals surface area contributed by atoms with E-state index >= 15 is 0 Å². The number of fused-ring (bicyclic) bond motifs is 1. The van der Waals surface area contributed by atoms with Crippen molar-refractivity contribution in [1.29, 1.82) is 0 Å². The summed E-state index contributed by atoms with van der Waals surface area (Å²) in [4.78, 5) is 25.7. The van der Waals surface area contributed by atoms with Crippen LogP contribution in [-0.2, 0) is 11.3 Å². The van der Waals surface area contributed by atoms with Crippen LogP contribution in [-0.4, -0.2) is 105 Å². The van der Waals surface area contributed by atoms with Crippen molar-refractivity contribution in [3.05, 3.63) is 30.1 Å². The Balaban J connectivity index is 1.52. The minimum absolute atomic E-state index is 0.214. The van der Waals surface area contributed by atoms with Crippen molar-refractivity contribution >= 4 is 22.9 Å². The van der Waals surface area contributed by atoms with E-state index in [0.717, 1.165) is 63.3 Å². The molecule has 2 fully saturated rings. The lowest BCUT2D eigenvalue weighted by Crippen LogP contribution is -2.47. The minimum Gasteiger partial charge on any atom is -0.396 e. The molecule has 0 atom stereocenters. The van der Waals surface area contributed by atoms with Gasteiger partial charge in [0.1, 0.15) is 12.4 Å². The molecule has 2 saturated heterocycles. The Morgan fingerprint density at radius 1 is 0.788 bits per heavy atom. The number of aromatic nitrogens is 5. The van der Waals surface area contributed by atoms with Crippen LogP contribution in [0.25, 0.3) is 17.0 Å². The van der Waals surface area contributed by atoms with E-state index in [2.05, 4.69) is 19.7 Å². The topological polar surface area (TPSA) is 116 Å². The molecule has 5 rings (SSSR count). The standard InChI is InChI=1S/C22H30N8O3/c31-13-3-6-27-7-9-28(10-8-27)20-24-21(29-11-14-33-15-12-29)26-22(25-20)30-18-5-2-1-4-17(18)23-19(30)16-32/h1-2,4-5,31-32H,3,6-16H2. The second kappa shape index (κ2) is 9.96. The molecule has 2 N–H and O–H groups in total. The third-order valence-electron chi connectivity index (χ3n) is 6.15. The Morgan fingerprint density at radius 2 is 1.45 bits per heavy atom. The zero-order valence-corrected chi connectivity index (χ0v) is 18.7. The van der Waals surface area contributed by atoms with E-state index in [1.54, 1.807) is 0 Å². The van der Waals surface area contributed by atoms with Gasteiger partial charge < -0.3 is 24.7 Å². The second-order valence-corrected chi connectivity index (χ2v) is 8.25. The number of piperazine rings is 1. The van der Waals surface area contributed by atoms with Crippen molar-refractivity contribution < 1.29 is 14.9 Å². The molecule has 2 aliphatic heterocycles. The molecule has 0 bridgehead atoms. The summed E-state index contributed by atoms with van der Waals surface area (Å²) in [6.45, 7) is 6.98. The number of para-hydroxylation sites is 2. The molecule has 4 heterocycles. The number of anilines is 2. The largest absolute Gasteiger partial charge is 0.396 e. The van der Waals surface area contributed by atoms with Gasteiger partial charge in [0.05, 0.1) is 24.2 Å². The molecule has 2 aliphatic rings. The van der Waals surface area contributed by atoms with E-state index in [4.69, 9.17) is 24.8 Å². The van der Waals surface area contributed by atoms with E-state index < -0.39 is 0 Å². The molecule has 0 unspecified atom stereocenters. The lowest BCUT2D eigenvalue weighted by Gasteiger charge is -2.35. The zero-order valence-electron chi connectivity index (χ0n) is 18.7. The van der Waals surface area contributed by atoms with Crippen molar-refractivity contribution in [2.75, 3.05) is 75.4 Å². The van der Waals surface area contributed by atoms with Crippen LogP contribution in [0.4, 0.5) is 11.9 Å². The molecular weight excluding hydrogens is 424 g/mol. The van der Waals surface area contributed by atoms with Gasteiger partial charge in [0, 0.05) is 52.4 Å². The normalized spacial score (nSPS) is 17.8.